The molecule has 0 N–H and O–H groups in total. The highest BCUT2D eigenvalue weighted by Crippen LogP contribution is 2.25. The average Bonchev–Trinajstić information content (AvgIpc) is 2.87. The van der Waals surface area contributed by atoms with E-state index in [0.29, 0.717) is 5.92 Å². The maximum atomic E-state index is 11.8. The number of aryl methyl sites for hydroxylation is 2. The first-order chi connectivity index (χ1) is 10.9. The quantitative estimate of drug-likeness (QED) is 0.793. The number of benzene rings is 1. The molecule has 0 aliphatic carbocycles. The van der Waals surface area contributed by atoms with E-state index in [4.69, 9.17) is 4.74 Å². The highest BCUT2D eigenvalue weighted by molar-refractivity contribution is 5.68. The van der Waals surface area contributed by atoms with Crippen LogP contribution in [0.15, 0.2) is 30.4 Å². The van der Waals surface area contributed by atoms with Gasteiger partial charge in [-0.3, -0.25) is 0 Å². The molecule has 2 unspecified atom stereocenters. The molecule has 1 aromatic carbocycles. The Morgan fingerprint density at radius 2 is 2.17 bits per heavy atom. The summed E-state index contributed by atoms with van der Waals surface area (Å²) in [6.07, 6.45) is 5.06. The molecule has 2 rings (SSSR count). The lowest BCUT2D eigenvalue weighted by Gasteiger charge is -2.22. The molecule has 1 heterocycles. The van der Waals surface area contributed by atoms with Gasteiger partial charge in [-0.05, 0) is 37.8 Å². The van der Waals surface area contributed by atoms with Gasteiger partial charge in [0.15, 0.2) is 0 Å². The summed E-state index contributed by atoms with van der Waals surface area (Å²) < 4.78 is 4.88. The van der Waals surface area contributed by atoms with Crippen LogP contribution in [-0.4, -0.2) is 44.3 Å². The standard InChI is InChI=1S/C19H28N2O2/c1-14-8-9-18(16(3)11-14)20(4)10-6-7-17-12-15(2)13-21(17)19(22)23-5/h6-9,11,15,17H,10,12-13H2,1-5H3/b7-6+. The van der Waals surface area contributed by atoms with Crippen LogP contribution < -0.4 is 4.90 Å². The number of carbonyl (C=O) groups is 1. The Balaban J connectivity index is 1.98. The van der Waals surface area contributed by atoms with Crippen molar-refractivity contribution in [3.63, 3.8) is 0 Å². The molecule has 0 bridgehead atoms. The first kappa shape index (κ1) is 17.4. The van der Waals surface area contributed by atoms with E-state index in [1.54, 1.807) is 0 Å². The highest BCUT2D eigenvalue weighted by Gasteiger charge is 2.31. The number of nitrogens with zero attached hydrogens (tertiary/aromatic N) is 2. The van der Waals surface area contributed by atoms with Gasteiger partial charge in [0.05, 0.1) is 13.2 Å². The summed E-state index contributed by atoms with van der Waals surface area (Å²) in [5.41, 5.74) is 3.81. The van der Waals surface area contributed by atoms with E-state index in [1.807, 2.05) is 4.90 Å². The number of likely N-dealkylation sites (tertiary alicyclic amines) is 1. The van der Waals surface area contributed by atoms with E-state index < -0.39 is 0 Å². The van der Waals surface area contributed by atoms with Crippen LogP contribution in [0, 0.1) is 19.8 Å². The second kappa shape index (κ2) is 7.53. The number of methoxy groups -OCH3 is 1. The molecular weight excluding hydrogens is 288 g/mol. The van der Waals surface area contributed by atoms with Crippen LogP contribution >= 0.6 is 0 Å². The van der Waals surface area contributed by atoms with E-state index >= 15 is 0 Å². The van der Waals surface area contributed by atoms with E-state index in [-0.39, 0.29) is 12.1 Å². The van der Waals surface area contributed by atoms with Crippen LogP contribution in [-0.2, 0) is 4.74 Å². The third-order valence-electron chi connectivity index (χ3n) is 4.46. The molecular formula is C19H28N2O2. The number of rotatable bonds is 4. The Bertz CT molecular complexity index is 583. The lowest BCUT2D eigenvalue weighted by molar-refractivity contribution is 0.124. The van der Waals surface area contributed by atoms with Gasteiger partial charge in [0, 0.05) is 25.8 Å². The SMILES string of the molecule is COC(=O)N1CC(C)CC1/C=C/CN(C)c1ccc(C)cc1C. The smallest absolute Gasteiger partial charge is 0.409 e. The van der Waals surface area contributed by atoms with E-state index in [2.05, 4.69) is 63.1 Å². The normalized spacial score (nSPS) is 21.0. The third kappa shape index (κ3) is 4.27. The fourth-order valence-corrected chi connectivity index (χ4v) is 3.30. The second-order valence-corrected chi connectivity index (χ2v) is 6.63. The van der Waals surface area contributed by atoms with Crippen molar-refractivity contribution >= 4 is 11.8 Å². The van der Waals surface area contributed by atoms with Crippen LogP contribution in [0.25, 0.3) is 0 Å². The fraction of sp³-hybridized carbons (Fsp3) is 0.526. The zero-order valence-electron chi connectivity index (χ0n) is 14.9. The zero-order valence-corrected chi connectivity index (χ0v) is 14.9. The van der Waals surface area contributed by atoms with Crippen molar-refractivity contribution in [2.24, 2.45) is 5.92 Å². The molecule has 1 aliphatic rings. The van der Waals surface area contributed by atoms with Gasteiger partial charge in [0.25, 0.3) is 0 Å². The summed E-state index contributed by atoms with van der Waals surface area (Å²) in [5, 5.41) is 0. The predicted octanol–water partition coefficient (Wildman–Crippen LogP) is 3.77. The van der Waals surface area contributed by atoms with E-state index in [0.717, 1.165) is 19.5 Å². The summed E-state index contributed by atoms with van der Waals surface area (Å²) in [7, 11) is 3.54. The molecule has 0 spiro atoms. The molecule has 0 aromatic heterocycles. The number of amides is 1. The number of hydrogen-bond donors (Lipinski definition) is 0. The van der Waals surface area contributed by atoms with E-state index in [9.17, 15) is 4.79 Å². The van der Waals surface area contributed by atoms with Crippen molar-refractivity contribution in [1.29, 1.82) is 0 Å². The highest BCUT2D eigenvalue weighted by atomic mass is 16.5. The van der Waals surface area contributed by atoms with Crippen molar-refractivity contribution < 1.29 is 9.53 Å². The second-order valence-electron chi connectivity index (χ2n) is 6.63. The molecule has 4 nitrogen and oxygen atoms in total. The minimum atomic E-state index is -0.230. The van der Waals surface area contributed by atoms with Crippen molar-refractivity contribution in [1.82, 2.24) is 4.90 Å². The van der Waals surface area contributed by atoms with Gasteiger partial charge in [0.2, 0.25) is 0 Å². The summed E-state index contributed by atoms with van der Waals surface area (Å²) in [6, 6.07) is 6.65. The zero-order chi connectivity index (χ0) is 17.0. The summed E-state index contributed by atoms with van der Waals surface area (Å²) >= 11 is 0. The maximum Gasteiger partial charge on any atom is 0.409 e. The lowest BCUT2D eigenvalue weighted by Crippen LogP contribution is -2.34. The molecule has 1 aliphatic heterocycles. The van der Waals surface area contributed by atoms with Gasteiger partial charge in [-0.15, -0.1) is 0 Å². The third-order valence-corrected chi connectivity index (χ3v) is 4.46. The minimum Gasteiger partial charge on any atom is -0.453 e. The predicted molar refractivity (Wildman–Crippen MR) is 95.0 cm³/mol. The number of anilines is 1. The average molecular weight is 316 g/mol. The number of hydrogen-bond acceptors (Lipinski definition) is 3. The topological polar surface area (TPSA) is 32.8 Å². The van der Waals surface area contributed by atoms with Crippen LogP contribution in [0.2, 0.25) is 0 Å². The monoisotopic (exact) mass is 316 g/mol. The first-order valence-corrected chi connectivity index (χ1v) is 8.22. The molecule has 4 heteroatoms. The molecule has 1 amide bonds. The molecule has 1 fully saturated rings. The Morgan fingerprint density at radius 1 is 1.43 bits per heavy atom. The van der Waals surface area contributed by atoms with Crippen molar-refractivity contribution in [2.75, 3.05) is 32.1 Å². The molecule has 1 aromatic rings. The fourth-order valence-electron chi connectivity index (χ4n) is 3.30. The lowest BCUT2D eigenvalue weighted by atomic mass is 10.1. The van der Waals surface area contributed by atoms with Crippen molar-refractivity contribution in [3.8, 4) is 0 Å². The molecule has 1 saturated heterocycles. The largest absolute Gasteiger partial charge is 0.453 e. The number of carbonyl (C=O) groups excluding carboxylic acids is 1. The molecule has 0 radical (unpaired) electrons. The van der Waals surface area contributed by atoms with Crippen LogP contribution in [0.4, 0.5) is 10.5 Å². The molecule has 2 atom stereocenters. The Hall–Kier alpha value is -1.97. The minimum absolute atomic E-state index is 0.143. The van der Waals surface area contributed by atoms with Gasteiger partial charge in [-0.25, -0.2) is 4.79 Å². The van der Waals surface area contributed by atoms with Crippen LogP contribution in [0.5, 0.6) is 0 Å². The van der Waals surface area contributed by atoms with Crippen LogP contribution in [0.3, 0.4) is 0 Å². The Labute approximate surface area is 139 Å². The van der Waals surface area contributed by atoms with Gasteiger partial charge < -0.3 is 14.5 Å². The van der Waals surface area contributed by atoms with Gasteiger partial charge >= 0.3 is 6.09 Å². The summed E-state index contributed by atoms with van der Waals surface area (Å²) in [4.78, 5) is 15.9. The molecule has 0 saturated carbocycles. The molecule has 126 valence electrons. The van der Waals surface area contributed by atoms with Crippen molar-refractivity contribution in [3.05, 3.63) is 41.5 Å². The summed E-state index contributed by atoms with van der Waals surface area (Å²) in [5.74, 6) is 0.515. The van der Waals surface area contributed by atoms with Crippen LogP contribution in [0.1, 0.15) is 24.5 Å². The van der Waals surface area contributed by atoms with Gasteiger partial charge in [-0.2, -0.15) is 0 Å². The number of ether oxygens (including phenoxy) is 1. The number of likely N-dealkylation sites (N-methyl/N-ethyl adjacent to an activating group) is 1. The summed E-state index contributed by atoms with van der Waals surface area (Å²) in [6.45, 7) is 8.02. The first-order valence-electron chi connectivity index (χ1n) is 8.22. The molecule has 23 heavy (non-hydrogen) atoms. The Morgan fingerprint density at radius 3 is 2.83 bits per heavy atom. The Kier molecular flexibility index (Phi) is 5.69. The maximum absolute atomic E-state index is 11.8. The van der Waals surface area contributed by atoms with E-state index in [1.165, 1.54) is 23.9 Å². The van der Waals surface area contributed by atoms with Gasteiger partial charge in [0.1, 0.15) is 0 Å². The van der Waals surface area contributed by atoms with Gasteiger partial charge in [-0.1, -0.05) is 36.8 Å². The van der Waals surface area contributed by atoms with Crippen molar-refractivity contribution in [2.45, 2.75) is 33.2 Å².